The second-order valence-corrected chi connectivity index (χ2v) is 6.78. The largest absolute Gasteiger partial charge is 0.381 e. The lowest BCUT2D eigenvalue weighted by Gasteiger charge is -2.34. The molecule has 26 heavy (non-hydrogen) atoms. The van der Waals surface area contributed by atoms with Gasteiger partial charge in [-0.15, -0.1) is 24.0 Å². The van der Waals surface area contributed by atoms with Crippen LogP contribution in [0, 0.1) is 5.92 Å². The normalized spacial score (nSPS) is 22.7. The summed E-state index contributed by atoms with van der Waals surface area (Å²) in [6.07, 6.45) is 3.87. The molecule has 2 saturated heterocycles. The van der Waals surface area contributed by atoms with Gasteiger partial charge in [0.15, 0.2) is 5.96 Å². The lowest BCUT2D eigenvalue weighted by Crippen LogP contribution is -2.44. The van der Waals surface area contributed by atoms with E-state index in [0.717, 1.165) is 84.4 Å². The number of rotatable bonds is 10. The number of ether oxygens (including phenoxy) is 4. The molecule has 0 aromatic rings. The van der Waals surface area contributed by atoms with Gasteiger partial charge in [-0.3, -0.25) is 4.99 Å². The lowest BCUT2D eigenvalue weighted by molar-refractivity contribution is -0.0828. The molecule has 2 heterocycles. The fourth-order valence-corrected chi connectivity index (χ4v) is 3.08. The van der Waals surface area contributed by atoms with E-state index in [4.69, 9.17) is 23.9 Å². The maximum Gasteiger partial charge on any atom is 0.191 e. The van der Waals surface area contributed by atoms with Gasteiger partial charge in [0, 0.05) is 65.4 Å². The molecule has 0 amide bonds. The van der Waals surface area contributed by atoms with Gasteiger partial charge >= 0.3 is 0 Å². The van der Waals surface area contributed by atoms with Crippen molar-refractivity contribution in [3.05, 3.63) is 0 Å². The maximum absolute atomic E-state index is 5.74. The Hall–Kier alpha value is -0.160. The van der Waals surface area contributed by atoms with E-state index in [9.17, 15) is 0 Å². The van der Waals surface area contributed by atoms with E-state index in [0.29, 0.717) is 12.5 Å². The van der Waals surface area contributed by atoms with Crippen molar-refractivity contribution >= 4 is 29.9 Å². The molecule has 7 nitrogen and oxygen atoms in total. The van der Waals surface area contributed by atoms with Crippen LogP contribution in [0.1, 0.15) is 32.6 Å². The topological polar surface area (TPSA) is 73.3 Å². The average molecular weight is 485 g/mol. The number of aliphatic imine (C=N–C) groups is 1. The standard InChI is InChI=1S/C18H35N3O4.HI/c1-3-19-17(21-15-18(22-2)6-11-23-12-7-18)20-8-4-9-24-13-16-5-10-25-14-16;/h16H,3-15H2,1-2H3,(H2,19,20,21);1H. The summed E-state index contributed by atoms with van der Waals surface area (Å²) in [4.78, 5) is 4.72. The number of methoxy groups -OCH3 is 1. The van der Waals surface area contributed by atoms with E-state index in [-0.39, 0.29) is 29.6 Å². The van der Waals surface area contributed by atoms with Crippen LogP contribution in [-0.4, -0.2) is 77.9 Å². The van der Waals surface area contributed by atoms with Crippen LogP contribution >= 0.6 is 24.0 Å². The van der Waals surface area contributed by atoms with Gasteiger partial charge in [-0.05, 0) is 19.8 Å². The first-order valence-electron chi connectivity index (χ1n) is 9.58. The molecule has 2 aliphatic rings. The number of hydrogen-bond donors (Lipinski definition) is 2. The van der Waals surface area contributed by atoms with E-state index < -0.39 is 0 Å². The van der Waals surface area contributed by atoms with Crippen molar-refractivity contribution < 1.29 is 18.9 Å². The van der Waals surface area contributed by atoms with Crippen molar-refractivity contribution in [3.63, 3.8) is 0 Å². The number of guanidine groups is 1. The van der Waals surface area contributed by atoms with Gasteiger partial charge in [-0.1, -0.05) is 0 Å². The molecule has 0 spiro atoms. The number of nitrogens with zero attached hydrogens (tertiary/aromatic N) is 1. The van der Waals surface area contributed by atoms with E-state index in [2.05, 4.69) is 17.6 Å². The van der Waals surface area contributed by atoms with Gasteiger partial charge in [-0.2, -0.15) is 0 Å². The molecule has 8 heteroatoms. The monoisotopic (exact) mass is 485 g/mol. The molecular formula is C18H36IN3O4. The first kappa shape index (κ1) is 23.9. The summed E-state index contributed by atoms with van der Waals surface area (Å²) >= 11 is 0. The summed E-state index contributed by atoms with van der Waals surface area (Å²) in [5, 5.41) is 6.67. The molecule has 0 aromatic carbocycles. The molecule has 2 fully saturated rings. The van der Waals surface area contributed by atoms with Gasteiger partial charge in [-0.25, -0.2) is 0 Å². The van der Waals surface area contributed by atoms with Crippen molar-refractivity contribution in [1.82, 2.24) is 10.6 Å². The maximum atomic E-state index is 5.74. The van der Waals surface area contributed by atoms with Gasteiger partial charge in [0.2, 0.25) is 0 Å². The average Bonchev–Trinajstić information content (AvgIpc) is 3.16. The first-order chi connectivity index (χ1) is 12.3. The van der Waals surface area contributed by atoms with Crippen molar-refractivity contribution in [3.8, 4) is 0 Å². The van der Waals surface area contributed by atoms with Crippen LogP contribution in [0.25, 0.3) is 0 Å². The molecule has 1 atom stereocenters. The number of hydrogen-bond acceptors (Lipinski definition) is 5. The molecular weight excluding hydrogens is 449 g/mol. The summed E-state index contributed by atoms with van der Waals surface area (Å²) < 4.78 is 22.3. The Morgan fingerprint density at radius 2 is 2.00 bits per heavy atom. The zero-order valence-electron chi connectivity index (χ0n) is 16.3. The Morgan fingerprint density at radius 1 is 1.19 bits per heavy atom. The Kier molecular flexibility index (Phi) is 12.8. The van der Waals surface area contributed by atoms with Crippen LogP contribution in [0.4, 0.5) is 0 Å². The van der Waals surface area contributed by atoms with Crippen LogP contribution in [0.15, 0.2) is 4.99 Å². The molecule has 2 N–H and O–H groups in total. The molecule has 2 rings (SSSR count). The molecule has 154 valence electrons. The lowest BCUT2D eigenvalue weighted by atomic mass is 9.94. The van der Waals surface area contributed by atoms with E-state index in [1.165, 1.54) is 0 Å². The Bertz CT molecular complexity index is 387. The third kappa shape index (κ3) is 8.69. The summed E-state index contributed by atoms with van der Waals surface area (Å²) in [7, 11) is 1.77. The van der Waals surface area contributed by atoms with E-state index in [1.807, 2.05) is 0 Å². The second-order valence-electron chi connectivity index (χ2n) is 6.78. The van der Waals surface area contributed by atoms with Crippen molar-refractivity contribution in [2.75, 3.05) is 66.4 Å². The highest BCUT2D eigenvalue weighted by atomic mass is 127. The van der Waals surface area contributed by atoms with Gasteiger partial charge < -0.3 is 29.6 Å². The van der Waals surface area contributed by atoms with Gasteiger partial charge in [0.25, 0.3) is 0 Å². The number of nitrogens with one attached hydrogen (secondary N) is 2. The summed E-state index contributed by atoms with van der Waals surface area (Å²) in [6.45, 7) is 9.21. The highest BCUT2D eigenvalue weighted by molar-refractivity contribution is 14.0. The van der Waals surface area contributed by atoms with Crippen LogP contribution in [0.2, 0.25) is 0 Å². The Labute approximate surface area is 175 Å². The molecule has 0 saturated carbocycles. The molecule has 1 unspecified atom stereocenters. The first-order valence-corrected chi connectivity index (χ1v) is 9.58. The zero-order chi connectivity index (χ0) is 17.8. The molecule has 0 bridgehead atoms. The second kappa shape index (κ2) is 13.9. The predicted molar refractivity (Wildman–Crippen MR) is 114 cm³/mol. The number of halogens is 1. The van der Waals surface area contributed by atoms with Gasteiger partial charge in [0.1, 0.15) is 0 Å². The minimum absolute atomic E-state index is 0. The minimum Gasteiger partial charge on any atom is -0.381 e. The quantitative estimate of drug-likeness (QED) is 0.213. The fourth-order valence-electron chi connectivity index (χ4n) is 3.08. The van der Waals surface area contributed by atoms with Gasteiger partial charge in [0.05, 0.1) is 25.4 Å². The molecule has 0 radical (unpaired) electrons. The molecule has 0 aliphatic carbocycles. The SMILES string of the molecule is CCNC(=NCC1(OC)CCOCC1)NCCCOCC1CCOC1.I. The van der Waals surface area contributed by atoms with Crippen molar-refractivity contribution in [2.45, 2.75) is 38.2 Å². The highest BCUT2D eigenvalue weighted by Crippen LogP contribution is 2.24. The van der Waals surface area contributed by atoms with Crippen molar-refractivity contribution in [1.29, 1.82) is 0 Å². The van der Waals surface area contributed by atoms with Crippen LogP contribution in [0.3, 0.4) is 0 Å². The third-order valence-electron chi connectivity index (χ3n) is 4.84. The Balaban J connectivity index is 0.00000338. The zero-order valence-corrected chi connectivity index (χ0v) is 18.6. The summed E-state index contributed by atoms with van der Waals surface area (Å²) in [5.41, 5.74) is -0.187. The van der Waals surface area contributed by atoms with E-state index >= 15 is 0 Å². The molecule has 0 aromatic heterocycles. The van der Waals surface area contributed by atoms with Crippen LogP contribution in [-0.2, 0) is 18.9 Å². The third-order valence-corrected chi connectivity index (χ3v) is 4.84. The van der Waals surface area contributed by atoms with Crippen LogP contribution in [0.5, 0.6) is 0 Å². The summed E-state index contributed by atoms with van der Waals surface area (Å²) in [6, 6.07) is 0. The predicted octanol–water partition coefficient (Wildman–Crippen LogP) is 1.80. The summed E-state index contributed by atoms with van der Waals surface area (Å²) in [5.74, 6) is 1.42. The van der Waals surface area contributed by atoms with Crippen molar-refractivity contribution in [2.24, 2.45) is 10.9 Å². The highest BCUT2D eigenvalue weighted by Gasteiger charge is 2.32. The minimum atomic E-state index is -0.187. The molecule has 2 aliphatic heterocycles. The smallest absolute Gasteiger partial charge is 0.191 e. The van der Waals surface area contributed by atoms with Crippen LogP contribution < -0.4 is 10.6 Å². The van der Waals surface area contributed by atoms with E-state index in [1.54, 1.807) is 7.11 Å². The Morgan fingerprint density at radius 3 is 2.65 bits per heavy atom. The fraction of sp³-hybridized carbons (Fsp3) is 0.944.